The molecule has 1 aromatic carbocycles. The Balaban J connectivity index is 0.00000338. The molecule has 1 saturated heterocycles. The first-order valence-corrected chi connectivity index (χ1v) is 8.97. The number of amides is 1. The topological polar surface area (TPSA) is 66.0 Å². The first-order chi connectivity index (χ1) is 12.0. The van der Waals surface area contributed by atoms with Gasteiger partial charge in [0.1, 0.15) is 6.54 Å². The average molecular weight is 495 g/mol. The minimum Gasteiger partial charge on any atom is -0.381 e. The number of ether oxygens (including phenoxy) is 1. The van der Waals surface area contributed by atoms with Crippen LogP contribution >= 0.6 is 35.6 Å². The van der Waals surface area contributed by atoms with Crippen LogP contribution in [0.3, 0.4) is 0 Å². The van der Waals surface area contributed by atoms with Gasteiger partial charge in [0.05, 0.1) is 6.61 Å². The maximum absolute atomic E-state index is 11.8. The first-order valence-electron chi connectivity index (χ1n) is 8.59. The van der Waals surface area contributed by atoms with E-state index in [-0.39, 0.29) is 36.4 Å². The molecule has 26 heavy (non-hydrogen) atoms. The van der Waals surface area contributed by atoms with Crippen molar-refractivity contribution in [3.05, 3.63) is 34.9 Å². The van der Waals surface area contributed by atoms with Crippen molar-refractivity contribution in [3.63, 3.8) is 0 Å². The van der Waals surface area contributed by atoms with Crippen LogP contribution in [0.25, 0.3) is 0 Å². The zero-order valence-electron chi connectivity index (χ0n) is 15.3. The van der Waals surface area contributed by atoms with Gasteiger partial charge in [-0.15, -0.1) is 24.0 Å². The van der Waals surface area contributed by atoms with Gasteiger partial charge in [-0.05, 0) is 30.5 Å². The Morgan fingerprint density at radius 3 is 2.65 bits per heavy atom. The Bertz CT molecular complexity index is 575. The van der Waals surface area contributed by atoms with Crippen molar-refractivity contribution in [2.45, 2.75) is 12.8 Å². The predicted molar refractivity (Wildman–Crippen MR) is 116 cm³/mol. The quantitative estimate of drug-likeness (QED) is 0.346. The van der Waals surface area contributed by atoms with Gasteiger partial charge in [-0.2, -0.15) is 0 Å². The molecule has 8 heteroatoms. The molecule has 1 amide bonds. The highest BCUT2D eigenvalue weighted by atomic mass is 127. The third-order valence-corrected chi connectivity index (χ3v) is 4.32. The molecule has 2 rings (SSSR count). The van der Waals surface area contributed by atoms with Gasteiger partial charge in [-0.3, -0.25) is 4.79 Å². The van der Waals surface area contributed by atoms with Crippen LogP contribution in [0.5, 0.6) is 0 Å². The molecule has 1 fully saturated rings. The molecule has 6 nitrogen and oxygen atoms in total. The Labute approximate surface area is 177 Å². The number of likely N-dealkylation sites (N-methyl/N-ethyl adjacent to an activating group) is 1. The highest BCUT2D eigenvalue weighted by Crippen LogP contribution is 2.11. The van der Waals surface area contributed by atoms with Crippen molar-refractivity contribution >= 4 is 47.4 Å². The smallest absolute Gasteiger partial charge is 0.243 e. The van der Waals surface area contributed by atoms with E-state index in [1.54, 1.807) is 19.0 Å². The third-order valence-electron chi connectivity index (χ3n) is 4.07. The maximum atomic E-state index is 11.8. The molecule has 146 valence electrons. The van der Waals surface area contributed by atoms with Crippen LogP contribution in [0.15, 0.2) is 29.3 Å². The summed E-state index contributed by atoms with van der Waals surface area (Å²) >= 11 is 5.91. The standard InChI is InChI=1S/C18H27ClN4O2.HI/c1-23(2)17(24)12-22-18(21-11-15-8-10-25-13-15)20-9-7-14-3-5-16(19)6-4-14;/h3-6,15H,7-13H2,1-2H3,(H2,20,21,22);1H. The summed E-state index contributed by atoms with van der Waals surface area (Å²) in [5.41, 5.74) is 1.20. The van der Waals surface area contributed by atoms with Crippen LogP contribution in [0.4, 0.5) is 0 Å². The van der Waals surface area contributed by atoms with Gasteiger partial charge in [-0.1, -0.05) is 23.7 Å². The average Bonchev–Trinajstić information content (AvgIpc) is 3.11. The number of carbonyl (C=O) groups excluding carboxylic acids is 1. The van der Waals surface area contributed by atoms with E-state index in [2.05, 4.69) is 15.6 Å². The van der Waals surface area contributed by atoms with E-state index in [4.69, 9.17) is 16.3 Å². The molecule has 0 aromatic heterocycles. The summed E-state index contributed by atoms with van der Waals surface area (Å²) in [4.78, 5) is 17.7. The molecular weight excluding hydrogens is 467 g/mol. The Kier molecular flexibility index (Phi) is 10.9. The van der Waals surface area contributed by atoms with Gasteiger partial charge in [0.15, 0.2) is 5.96 Å². The number of nitrogens with zero attached hydrogens (tertiary/aromatic N) is 2. The summed E-state index contributed by atoms with van der Waals surface area (Å²) in [5, 5.41) is 7.35. The van der Waals surface area contributed by atoms with Crippen LogP contribution in [-0.2, 0) is 16.0 Å². The molecule has 0 saturated carbocycles. The number of rotatable bonds is 7. The van der Waals surface area contributed by atoms with Crippen LogP contribution in [0, 0.1) is 5.92 Å². The van der Waals surface area contributed by atoms with Crippen molar-refractivity contribution in [3.8, 4) is 0 Å². The minimum absolute atomic E-state index is 0. The second-order valence-corrected chi connectivity index (χ2v) is 6.80. The van der Waals surface area contributed by atoms with E-state index >= 15 is 0 Å². The normalized spacial score (nSPS) is 16.7. The molecule has 0 spiro atoms. The summed E-state index contributed by atoms with van der Waals surface area (Å²) in [6.45, 7) is 3.25. The minimum atomic E-state index is -0.0250. The number of aliphatic imine (C=N–C) groups is 1. The molecule has 1 unspecified atom stereocenters. The van der Waals surface area contributed by atoms with E-state index in [0.29, 0.717) is 11.9 Å². The van der Waals surface area contributed by atoms with Crippen molar-refractivity contribution < 1.29 is 9.53 Å². The molecule has 1 aliphatic heterocycles. The predicted octanol–water partition coefficient (Wildman–Crippen LogP) is 2.16. The molecule has 2 N–H and O–H groups in total. The van der Waals surface area contributed by atoms with Gasteiger partial charge in [0.2, 0.25) is 5.91 Å². The van der Waals surface area contributed by atoms with Crippen molar-refractivity contribution in [1.29, 1.82) is 0 Å². The number of nitrogens with one attached hydrogen (secondary N) is 2. The van der Waals surface area contributed by atoms with E-state index in [1.807, 2.05) is 24.3 Å². The van der Waals surface area contributed by atoms with Gasteiger partial charge < -0.3 is 20.3 Å². The lowest BCUT2D eigenvalue weighted by Crippen LogP contribution is -2.41. The number of carbonyl (C=O) groups is 1. The summed E-state index contributed by atoms with van der Waals surface area (Å²) in [5.74, 6) is 1.13. The van der Waals surface area contributed by atoms with Crippen LogP contribution in [-0.4, -0.2) is 63.7 Å². The molecule has 1 atom stereocenters. The lowest BCUT2D eigenvalue weighted by Gasteiger charge is -2.16. The number of hydrogen-bond donors (Lipinski definition) is 2. The second kappa shape index (κ2) is 12.3. The molecule has 0 aliphatic carbocycles. The highest BCUT2D eigenvalue weighted by Gasteiger charge is 2.16. The number of hydrogen-bond acceptors (Lipinski definition) is 3. The summed E-state index contributed by atoms with van der Waals surface area (Å²) in [6, 6.07) is 7.80. The second-order valence-electron chi connectivity index (χ2n) is 6.37. The first kappa shape index (κ1) is 23.0. The molecular formula is C18H28ClIN4O2. The summed E-state index contributed by atoms with van der Waals surface area (Å²) in [6.07, 6.45) is 1.91. The Hall–Kier alpha value is -1.06. The number of halogens is 2. The van der Waals surface area contributed by atoms with Crippen LogP contribution in [0.1, 0.15) is 12.0 Å². The van der Waals surface area contributed by atoms with Crippen molar-refractivity contribution in [2.75, 3.05) is 46.9 Å². The fraction of sp³-hybridized carbons (Fsp3) is 0.556. The molecule has 0 bridgehead atoms. The monoisotopic (exact) mass is 494 g/mol. The fourth-order valence-corrected chi connectivity index (χ4v) is 2.55. The fourth-order valence-electron chi connectivity index (χ4n) is 2.42. The lowest BCUT2D eigenvalue weighted by molar-refractivity contribution is -0.127. The van der Waals surface area contributed by atoms with Gasteiger partial charge in [0, 0.05) is 44.7 Å². The van der Waals surface area contributed by atoms with Crippen LogP contribution in [0.2, 0.25) is 5.02 Å². The summed E-state index contributed by atoms with van der Waals surface area (Å²) in [7, 11) is 3.46. The van der Waals surface area contributed by atoms with Gasteiger partial charge in [-0.25, -0.2) is 4.99 Å². The largest absolute Gasteiger partial charge is 0.381 e. The van der Waals surface area contributed by atoms with Gasteiger partial charge in [0.25, 0.3) is 0 Å². The van der Waals surface area contributed by atoms with E-state index < -0.39 is 0 Å². The highest BCUT2D eigenvalue weighted by molar-refractivity contribution is 14.0. The Morgan fingerprint density at radius 2 is 2.04 bits per heavy atom. The molecule has 1 aromatic rings. The SMILES string of the molecule is CN(C)C(=O)CN=C(NCCc1ccc(Cl)cc1)NCC1CCOC1.I. The van der Waals surface area contributed by atoms with Crippen molar-refractivity contribution in [1.82, 2.24) is 15.5 Å². The molecule has 1 heterocycles. The molecule has 1 aliphatic rings. The number of benzene rings is 1. The zero-order chi connectivity index (χ0) is 18.1. The lowest BCUT2D eigenvalue weighted by atomic mass is 10.1. The van der Waals surface area contributed by atoms with E-state index in [9.17, 15) is 4.79 Å². The number of guanidine groups is 1. The summed E-state index contributed by atoms with van der Waals surface area (Å²) < 4.78 is 5.40. The third kappa shape index (κ3) is 8.55. The van der Waals surface area contributed by atoms with E-state index in [1.165, 1.54) is 5.56 Å². The zero-order valence-corrected chi connectivity index (χ0v) is 18.4. The van der Waals surface area contributed by atoms with Crippen LogP contribution < -0.4 is 10.6 Å². The van der Waals surface area contributed by atoms with Crippen molar-refractivity contribution in [2.24, 2.45) is 10.9 Å². The van der Waals surface area contributed by atoms with E-state index in [0.717, 1.165) is 44.2 Å². The van der Waals surface area contributed by atoms with Gasteiger partial charge >= 0.3 is 0 Å². The molecule has 0 radical (unpaired) electrons. The Morgan fingerprint density at radius 1 is 1.31 bits per heavy atom. The maximum Gasteiger partial charge on any atom is 0.243 e.